The molecule has 0 bridgehead atoms. The predicted octanol–water partition coefficient (Wildman–Crippen LogP) is 1.73. The van der Waals surface area contributed by atoms with E-state index in [0.29, 0.717) is 5.92 Å². The molecular weight excluding hydrogens is 357 g/mol. The van der Waals surface area contributed by atoms with Gasteiger partial charge < -0.3 is 10.2 Å². The summed E-state index contributed by atoms with van der Waals surface area (Å²) < 4.78 is 39.4. The molecule has 0 aromatic heterocycles. The van der Waals surface area contributed by atoms with Crippen LogP contribution in [0.1, 0.15) is 33.1 Å². The Bertz CT molecular complexity index is 694. The molecule has 1 fully saturated rings. The van der Waals surface area contributed by atoms with E-state index in [1.807, 2.05) is 6.92 Å². The van der Waals surface area contributed by atoms with Crippen LogP contribution in [0.25, 0.3) is 0 Å². The summed E-state index contributed by atoms with van der Waals surface area (Å²) in [5.41, 5.74) is 0. The zero-order chi connectivity index (χ0) is 19.2. The van der Waals surface area contributed by atoms with Crippen LogP contribution in [0.3, 0.4) is 0 Å². The van der Waals surface area contributed by atoms with Crippen LogP contribution in [0, 0.1) is 11.7 Å². The van der Waals surface area contributed by atoms with E-state index in [2.05, 4.69) is 21.9 Å². The minimum Gasteiger partial charge on any atom is -0.352 e. The van der Waals surface area contributed by atoms with Gasteiger partial charge >= 0.3 is 0 Å². The lowest BCUT2D eigenvalue weighted by Gasteiger charge is -2.32. The molecule has 0 saturated carbocycles. The van der Waals surface area contributed by atoms with Crippen LogP contribution in [0.5, 0.6) is 0 Å². The van der Waals surface area contributed by atoms with Gasteiger partial charge in [-0.25, -0.2) is 17.5 Å². The summed E-state index contributed by atoms with van der Waals surface area (Å²) in [6.45, 7) is 7.11. The second-order valence-electron chi connectivity index (χ2n) is 7.08. The Kier molecular flexibility index (Phi) is 7.55. The van der Waals surface area contributed by atoms with Gasteiger partial charge in [-0.1, -0.05) is 6.92 Å². The van der Waals surface area contributed by atoms with Gasteiger partial charge in [-0.3, -0.25) is 4.79 Å². The fourth-order valence-electron chi connectivity index (χ4n) is 3.23. The van der Waals surface area contributed by atoms with Crippen LogP contribution in [-0.2, 0) is 14.8 Å². The van der Waals surface area contributed by atoms with E-state index in [-0.39, 0.29) is 29.8 Å². The van der Waals surface area contributed by atoms with E-state index < -0.39 is 15.8 Å². The third-order valence-corrected chi connectivity index (χ3v) is 5.93. The Labute approximate surface area is 155 Å². The summed E-state index contributed by atoms with van der Waals surface area (Å²) in [4.78, 5) is 14.3. The van der Waals surface area contributed by atoms with E-state index in [1.54, 1.807) is 0 Å². The summed E-state index contributed by atoms with van der Waals surface area (Å²) >= 11 is 0. The molecule has 1 aromatic rings. The first-order valence-corrected chi connectivity index (χ1v) is 10.5. The number of carbonyl (C=O) groups excluding carboxylic acids is 1. The minimum atomic E-state index is -3.73. The van der Waals surface area contributed by atoms with Crippen LogP contribution in [0.4, 0.5) is 4.39 Å². The maximum Gasteiger partial charge on any atom is 0.240 e. The SMILES string of the molecule is CC1CCCN(CC(C)NC(=O)CCNS(=O)(=O)c2ccc(F)cc2)C1. The van der Waals surface area contributed by atoms with Crippen LogP contribution in [0.2, 0.25) is 0 Å². The molecule has 8 heteroatoms. The lowest BCUT2D eigenvalue weighted by atomic mass is 10.00. The first-order valence-electron chi connectivity index (χ1n) is 9.03. The van der Waals surface area contributed by atoms with Crippen LogP contribution in [0.15, 0.2) is 29.2 Å². The number of amides is 1. The number of likely N-dealkylation sites (tertiary alicyclic amines) is 1. The minimum absolute atomic E-state index is 0.000981. The summed E-state index contributed by atoms with van der Waals surface area (Å²) in [5.74, 6) is -0.00250. The molecule has 1 aliphatic rings. The molecular formula is C18H28FN3O3S. The molecule has 1 aromatic carbocycles. The number of benzene rings is 1. The third kappa shape index (κ3) is 6.66. The molecule has 2 atom stereocenters. The van der Waals surface area contributed by atoms with E-state index in [0.717, 1.165) is 31.8 Å². The Balaban J connectivity index is 1.71. The standard InChI is InChI=1S/C18H28FN3O3S/c1-14-4-3-11-22(12-14)13-15(2)21-18(23)9-10-20-26(24,25)17-7-5-16(19)6-8-17/h5-8,14-15,20H,3-4,9-13H2,1-2H3,(H,21,23). The molecule has 1 aliphatic heterocycles. The fourth-order valence-corrected chi connectivity index (χ4v) is 4.26. The smallest absolute Gasteiger partial charge is 0.240 e. The fraction of sp³-hybridized carbons (Fsp3) is 0.611. The average molecular weight is 386 g/mol. The molecule has 146 valence electrons. The van der Waals surface area contributed by atoms with Crippen molar-refractivity contribution >= 4 is 15.9 Å². The summed E-state index contributed by atoms with van der Waals surface area (Å²) in [6, 6.07) is 4.58. The van der Waals surface area contributed by atoms with Crippen molar-refractivity contribution in [2.45, 2.75) is 44.0 Å². The van der Waals surface area contributed by atoms with Crippen molar-refractivity contribution in [3.8, 4) is 0 Å². The predicted molar refractivity (Wildman–Crippen MR) is 98.6 cm³/mol. The highest BCUT2D eigenvalue weighted by Gasteiger charge is 2.19. The van der Waals surface area contributed by atoms with Crippen LogP contribution >= 0.6 is 0 Å². The van der Waals surface area contributed by atoms with Gasteiger partial charge in [-0.05, 0) is 56.5 Å². The second kappa shape index (κ2) is 9.43. The van der Waals surface area contributed by atoms with Crippen molar-refractivity contribution in [2.24, 2.45) is 5.92 Å². The van der Waals surface area contributed by atoms with Gasteiger partial charge in [0.25, 0.3) is 0 Å². The number of hydrogen-bond donors (Lipinski definition) is 2. The summed E-state index contributed by atoms with van der Waals surface area (Å²) in [6.07, 6.45) is 2.50. The first kappa shape index (κ1) is 20.8. The highest BCUT2D eigenvalue weighted by atomic mass is 32.2. The summed E-state index contributed by atoms with van der Waals surface area (Å²) in [5, 5.41) is 2.91. The molecule has 2 N–H and O–H groups in total. The lowest BCUT2D eigenvalue weighted by molar-refractivity contribution is -0.121. The zero-order valence-electron chi connectivity index (χ0n) is 15.4. The van der Waals surface area contributed by atoms with Crippen LogP contribution in [-0.4, -0.2) is 51.4 Å². The molecule has 1 saturated heterocycles. The molecule has 0 aliphatic carbocycles. The first-order chi connectivity index (χ1) is 12.3. The van der Waals surface area contributed by atoms with Crippen molar-refractivity contribution in [3.05, 3.63) is 30.1 Å². The molecule has 0 radical (unpaired) electrons. The Hall–Kier alpha value is -1.51. The number of hydrogen-bond acceptors (Lipinski definition) is 4. The monoisotopic (exact) mass is 385 g/mol. The maximum atomic E-state index is 12.9. The molecule has 1 amide bonds. The Morgan fingerprint density at radius 1 is 1.35 bits per heavy atom. The number of nitrogens with one attached hydrogen (secondary N) is 2. The summed E-state index contributed by atoms with van der Waals surface area (Å²) in [7, 11) is -3.73. The van der Waals surface area contributed by atoms with Gasteiger partial charge in [0.05, 0.1) is 4.90 Å². The van der Waals surface area contributed by atoms with Crippen LogP contribution < -0.4 is 10.0 Å². The van der Waals surface area contributed by atoms with E-state index in [9.17, 15) is 17.6 Å². The van der Waals surface area contributed by atoms with Crippen molar-refractivity contribution < 1.29 is 17.6 Å². The Morgan fingerprint density at radius 2 is 2.04 bits per heavy atom. The molecule has 2 unspecified atom stereocenters. The van der Waals surface area contributed by atoms with Crippen molar-refractivity contribution in [3.63, 3.8) is 0 Å². The van der Waals surface area contributed by atoms with Gasteiger partial charge in [0.15, 0.2) is 0 Å². The highest BCUT2D eigenvalue weighted by molar-refractivity contribution is 7.89. The number of piperidine rings is 1. The van der Waals surface area contributed by atoms with E-state index >= 15 is 0 Å². The number of carbonyl (C=O) groups is 1. The Morgan fingerprint density at radius 3 is 2.69 bits per heavy atom. The quantitative estimate of drug-likeness (QED) is 0.714. The number of halogens is 1. The molecule has 26 heavy (non-hydrogen) atoms. The molecule has 6 nitrogen and oxygen atoms in total. The third-order valence-electron chi connectivity index (χ3n) is 4.45. The van der Waals surface area contributed by atoms with Gasteiger partial charge in [0.1, 0.15) is 5.82 Å². The van der Waals surface area contributed by atoms with Gasteiger partial charge in [0.2, 0.25) is 15.9 Å². The highest BCUT2D eigenvalue weighted by Crippen LogP contribution is 2.15. The largest absolute Gasteiger partial charge is 0.352 e. The van der Waals surface area contributed by atoms with Gasteiger partial charge in [0, 0.05) is 32.1 Å². The van der Waals surface area contributed by atoms with Crippen molar-refractivity contribution in [1.82, 2.24) is 14.9 Å². The average Bonchev–Trinajstić information content (AvgIpc) is 2.54. The number of nitrogens with zero attached hydrogens (tertiary/aromatic N) is 1. The van der Waals surface area contributed by atoms with Gasteiger partial charge in [-0.2, -0.15) is 0 Å². The molecule has 1 heterocycles. The van der Waals surface area contributed by atoms with E-state index in [1.165, 1.54) is 25.0 Å². The topological polar surface area (TPSA) is 78.5 Å². The number of rotatable bonds is 8. The van der Waals surface area contributed by atoms with E-state index in [4.69, 9.17) is 0 Å². The van der Waals surface area contributed by atoms with Gasteiger partial charge in [-0.15, -0.1) is 0 Å². The zero-order valence-corrected chi connectivity index (χ0v) is 16.2. The lowest BCUT2D eigenvalue weighted by Crippen LogP contribution is -2.45. The van der Waals surface area contributed by atoms with Crippen molar-refractivity contribution in [1.29, 1.82) is 0 Å². The number of sulfonamides is 1. The van der Waals surface area contributed by atoms with Crippen molar-refractivity contribution in [2.75, 3.05) is 26.2 Å². The molecule has 2 rings (SSSR count). The second-order valence-corrected chi connectivity index (χ2v) is 8.84. The molecule has 0 spiro atoms. The maximum absolute atomic E-state index is 12.9. The normalized spacial score (nSPS) is 19.9.